The van der Waals surface area contributed by atoms with Gasteiger partial charge in [-0.1, -0.05) is 0 Å². The molecule has 1 aromatic heterocycles. The van der Waals surface area contributed by atoms with Crippen molar-refractivity contribution in [1.29, 1.82) is 0 Å². The van der Waals surface area contributed by atoms with Crippen molar-refractivity contribution in [1.82, 2.24) is 0 Å². The summed E-state index contributed by atoms with van der Waals surface area (Å²) in [5.74, 6) is -1.15. The van der Waals surface area contributed by atoms with Crippen LogP contribution in [0, 0.1) is 11.6 Å². The topological polar surface area (TPSA) is 26.0 Å². The van der Waals surface area contributed by atoms with Gasteiger partial charge in [-0.2, -0.15) is 0 Å². The fourth-order valence-electron chi connectivity index (χ4n) is 1.60. The van der Waals surface area contributed by atoms with E-state index >= 15 is 0 Å². The quantitative estimate of drug-likeness (QED) is 0.741. The number of benzene rings is 1. The Morgan fingerprint density at radius 2 is 2.00 bits per heavy atom. The van der Waals surface area contributed by atoms with Crippen molar-refractivity contribution in [3.63, 3.8) is 0 Å². The van der Waals surface area contributed by atoms with Crippen LogP contribution in [0.15, 0.2) is 32.5 Å². The van der Waals surface area contributed by atoms with Gasteiger partial charge in [0, 0.05) is 26.3 Å². The molecule has 0 aliphatic rings. The molecule has 1 unspecified atom stereocenters. The summed E-state index contributed by atoms with van der Waals surface area (Å²) in [6, 6.07) is 4.03. The van der Waals surface area contributed by atoms with E-state index in [2.05, 4.69) is 31.9 Å². The number of nitrogens with two attached hydrogens (primary N) is 1. The molecule has 1 atom stereocenters. The van der Waals surface area contributed by atoms with Crippen molar-refractivity contribution in [3.05, 3.63) is 54.6 Å². The first-order chi connectivity index (χ1) is 8.49. The number of rotatable bonds is 3. The maximum Gasteiger partial charge on any atom is 0.143 e. The Labute approximate surface area is 124 Å². The molecule has 0 aliphatic heterocycles. The second-order valence-corrected chi connectivity index (χ2v) is 6.51. The van der Waals surface area contributed by atoms with E-state index < -0.39 is 17.7 Å². The minimum atomic E-state index is -0.582. The zero-order valence-electron chi connectivity index (χ0n) is 9.09. The molecular formula is C12H9Br2F2NS. The SMILES string of the molecule is NC(Cc1c(F)ccc(Br)c1F)c1cc(Br)cs1. The van der Waals surface area contributed by atoms with Crippen LogP contribution in [0.4, 0.5) is 8.78 Å². The predicted octanol–water partition coefficient (Wildman–Crippen LogP) is 4.79. The van der Waals surface area contributed by atoms with E-state index in [0.717, 1.165) is 9.35 Å². The highest BCUT2D eigenvalue weighted by Crippen LogP contribution is 2.29. The normalized spacial score (nSPS) is 12.7. The van der Waals surface area contributed by atoms with Gasteiger partial charge in [0.2, 0.25) is 0 Å². The first-order valence-corrected chi connectivity index (χ1v) is 7.57. The lowest BCUT2D eigenvalue weighted by atomic mass is 10.0. The number of hydrogen-bond acceptors (Lipinski definition) is 2. The van der Waals surface area contributed by atoms with E-state index in [1.165, 1.54) is 23.5 Å². The molecule has 2 aromatic rings. The Balaban J connectivity index is 2.27. The van der Waals surface area contributed by atoms with Gasteiger partial charge >= 0.3 is 0 Å². The fourth-order valence-corrected chi connectivity index (χ4v) is 3.42. The van der Waals surface area contributed by atoms with Crippen molar-refractivity contribution >= 4 is 43.2 Å². The molecule has 0 saturated heterocycles. The van der Waals surface area contributed by atoms with Gasteiger partial charge in [0.15, 0.2) is 0 Å². The molecule has 0 fully saturated rings. The lowest BCUT2D eigenvalue weighted by Gasteiger charge is -2.12. The Hall–Kier alpha value is -0.300. The lowest BCUT2D eigenvalue weighted by Crippen LogP contribution is -2.14. The van der Waals surface area contributed by atoms with E-state index in [0.29, 0.717) is 0 Å². The Bertz CT molecular complexity index is 571. The van der Waals surface area contributed by atoms with Crippen LogP contribution in [0.5, 0.6) is 0 Å². The van der Waals surface area contributed by atoms with Crippen molar-refractivity contribution in [2.24, 2.45) is 5.73 Å². The zero-order valence-corrected chi connectivity index (χ0v) is 13.1. The van der Waals surface area contributed by atoms with Crippen LogP contribution in [-0.2, 0) is 6.42 Å². The minimum absolute atomic E-state index is 0.0152. The fraction of sp³-hybridized carbons (Fsp3) is 0.167. The van der Waals surface area contributed by atoms with E-state index in [4.69, 9.17) is 5.73 Å². The summed E-state index contributed by atoms with van der Waals surface area (Å²) in [4.78, 5) is 0.889. The number of halogens is 4. The average molecular weight is 397 g/mol. The van der Waals surface area contributed by atoms with Crippen LogP contribution < -0.4 is 5.73 Å². The molecule has 0 radical (unpaired) electrons. The predicted molar refractivity (Wildman–Crippen MR) is 76.7 cm³/mol. The van der Waals surface area contributed by atoms with Gasteiger partial charge in [-0.15, -0.1) is 11.3 Å². The lowest BCUT2D eigenvalue weighted by molar-refractivity contribution is 0.537. The molecule has 18 heavy (non-hydrogen) atoms. The van der Waals surface area contributed by atoms with Gasteiger partial charge in [-0.3, -0.25) is 0 Å². The molecular weight excluding hydrogens is 388 g/mol. The molecule has 0 amide bonds. The highest BCUT2D eigenvalue weighted by molar-refractivity contribution is 9.10. The Morgan fingerprint density at radius 1 is 1.28 bits per heavy atom. The summed E-state index contributed by atoms with van der Waals surface area (Å²) in [5, 5.41) is 1.89. The smallest absolute Gasteiger partial charge is 0.143 e. The molecule has 1 nitrogen and oxygen atoms in total. The molecule has 2 rings (SSSR count). The molecule has 6 heteroatoms. The van der Waals surface area contributed by atoms with Gasteiger partial charge in [0.05, 0.1) is 4.47 Å². The van der Waals surface area contributed by atoms with Crippen LogP contribution in [-0.4, -0.2) is 0 Å². The Morgan fingerprint density at radius 3 is 2.61 bits per heavy atom. The van der Waals surface area contributed by atoms with Crippen LogP contribution in [0.2, 0.25) is 0 Å². The largest absolute Gasteiger partial charge is 0.323 e. The van der Waals surface area contributed by atoms with Crippen LogP contribution in [0.3, 0.4) is 0 Å². The summed E-state index contributed by atoms with van der Waals surface area (Å²) in [6.07, 6.45) is 0.129. The van der Waals surface area contributed by atoms with Crippen molar-refractivity contribution < 1.29 is 8.78 Å². The summed E-state index contributed by atoms with van der Waals surface area (Å²) in [6.45, 7) is 0. The molecule has 96 valence electrons. The first-order valence-electron chi connectivity index (χ1n) is 5.11. The number of hydrogen-bond donors (Lipinski definition) is 1. The molecule has 2 N–H and O–H groups in total. The highest BCUT2D eigenvalue weighted by atomic mass is 79.9. The van der Waals surface area contributed by atoms with E-state index in [9.17, 15) is 8.78 Å². The third-order valence-electron chi connectivity index (χ3n) is 2.52. The third-order valence-corrected chi connectivity index (χ3v) is 4.95. The molecule has 0 aliphatic carbocycles. The van der Waals surface area contributed by atoms with Gasteiger partial charge < -0.3 is 5.73 Å². The second-order valence-electron chi connectivity index (χ2n) is 3.80. The maximum atomic E-state index is 13.8. The van der Waals surface area contributed by atoms with Crippen molar-refractivity contribution in [2.45, 2.75) is 12.5 Å². The Kier molecular flexibility index (Phi) is 4.53. The monoisotopic (exact) mass is 395 g/mol. The molecule has 0 spiro atoms. The van der Waals surface area contributed by atoms with Gasteiger partial charge in [-0.25, -0.2) is 8.78 Å². The average Bonchev–Trinajstić information content (AvgIpc) is 2.76. The maximum absolute atomic E-state index is 13.8. The second kappa shape index (κ2) is 5.77. The highest BCUT2D eigenvalue weighted by Gasteiger charge is 2.17. The zero-order chi connectivity index (χ0) is 13.3. The van der Waals surface area contributed by atoms with Crippen LogP contribution in [0.25, 0.3) is 0 Å². The van der Waals surface area contributed by atoms with Crippen LogP contribution >= 0.6 is 43.2 Å². The summed E-state index contributed by atoms with van der Waals surface area (Å²) in [5.41, 5.74) is 5.98. The summed E-state index contributed by atoms with van der Waals surface area (Å²) < 4.78 is 28.6. The van der Waals surface area contributed by atoms with Gasteiger partial charge in [0.25, 0.3) is 0 Å². The molecule has 1 aromatic carbocycles. The third kappa shape index (κ3) is 2.99. The molecule has 1 heterocycles. The molecule has 0 bridgehead atoms. The number of thiophene rings is 1. The van der Waals surface area contributed by atoms with Crippen LogP contribution in [0.1, 0.15) is 16.5 Å². The van der Waals surface area contributed by atoms with Gasteiger partial charge in [0.1, 0.15) is 11.6 Å². The van der Waals surface area contributed by atoms with E-state index in [1.807, 2.05) is 11.4 Å². The van der Waals surface area contributed by atoms with Gasteiger partial charge in [-0.05, 0) is 56.5 Å². The minimum Gasteiger partial charge on any atom is -0.323 e. The van der Waals surface area contributed by atoms with E-state index in [1.54, 1.807) is 0 Å². The van der Waals surface area contributed by atoms with E-state index in [-0.39, 0.29) is 16.5 Å². The summed E-state index contributed by atoms with van der Waals surface area (Å²) in [7, 11) is 0. The van der Waals surface area contributed by atoms with Crippen molar-refractivity contribution in [3.8, 4) is 0 Å². The first kappa shape index (κ1) is 14.1. The standard InChI is InChI=1S/C12H9Br2F2NS/c13-6-3-11(18-5-6)10(17)4-7-9(15)2-1-8(14)12(7)16/h1-3,5,10H,4,17H2. The van der Waals surface area contributed by atoms with Crippen molar-refractivity contribution in [2.75, 3.05) is 0 Å². The molecule has 0 saturated carbocycles. The summed E-state index contributed by atoms with van der Waals surface area (Å²) >= 11 is 7.83.